The molecule has 20 heavy (non-hydrogen) atoms. The van der Waals surface area contributed by atoms with E-state index in [0.717, 1.165) is 49.8 Å². The Kier molecular flexibility index (Phi) is 4.97. The van der Waals surface area contributed by atoms with Gasteiger partial charge in [0.25, 0.3) is 0 Å². The Labute approximate surface area is 122 Å². The van der Waals surface area contributed by atoms with E-state index in [1.165, 1.54) is 6.42 Å². The van der Waals surface area contributed by atoms with Crippen LogP contribution in [0.25, 0.3) is 0 Å². The summed E-state index contributed by atoms with van der Waals surface area (Å²) in [6.07, 6.45) is 4.41. The number of hydrogen-bond acceptors (Lipinski definition) is 4. The van der Waals surface area contributed by atoms with Crippen LogP contribution < -0.4 is 5.32 Å². The predicted molar refractivity (Wildman–Crippen MR) is 82.1 cm³/mol. The molecule has 0 bridgehead atoms. The van der Waals surface area contributed by atoms with Crippen LogP contribution in [0.5, 0.6) is 0 Å². The number of nitrogens with one attached hydrogen (secondary N) is 1. The molecule has 112 valence electrons. The highest BCUT2D eigenvalue weighted by atomic mass is 16.5. The number of anilines is 1. The third-order valence-corrected chi connectivity index (χ3v) is 3.84. The third kappa shape index (κ3) is 3.48. The Bertz CT molecular complexity index is 439. The first-order valence-electron chi connectivity index (χ1n) is 7.82. The maximum absolute atomic E-state index is 5.99. The Morgan fingerprint density at radius 3 is 2.75 bits per heavy atom. The van der Waals surface area contributed by atoms with Crippen molar-refractivity contribution in [3.63, 3.8) is 0 Å². The third-order valence-electron chi connectivity index (χ3n) is 3.84. The van der Waals surface area contributed by atoms with Gasteiger partial charge in [-0.1, -0.05) is 20.8 Å². The van der Waals surface area contributed by atoms with Crippen molar-refractivity contribution < 1.29 is 4.74 Å². The van der Waals surface area contributed by atoms with E-state index in [9.17, 15) is 0 Å². The Balaban J connectivity index is 2.32. The van der Waals surface area contributed by atoms with Gasteiger partial charge in [0, 0.05) is 24.9 Å². The smallest absolute Gasteiger partial charge is 0.162 e. The minimum absolute atomic E-state index is 0.328. The van der Waals surface area contributed by atoms with Crippen molar-refractivity contribution in [2.24, 2.45) is 0 Å². The fourth-order valence-electron chi connectivity index (χ4n) is 2.45. The summed E-state index contributed by atoms with van der Waals surface area (Å²) in [6.45, 7) is 10.4. The van der Waals surface area contributed by atoms with Gasteiger partial charge >= 0.3 is 0 Å². The number of hydrogen-bond donors (Lipinski definition) is 1. The molecule has 4 heteroatoms. The molecule has 0 radical (unpaired) electrons. The molecule has 0 spiro atoms. The lowest BCUT2D eigenvalue weighted by atomic mass is 9.94. The lowest BCUT2D eigenvalue weighted by molar-refractivity contribution is -0.0761. The van der Waals surface area contributed by atoms with Crippen molar-refractivity contribution in [3.8, 4) is 0 Å². The van der Waals surface area contributed by atoms with Gasteiger partial charge in [0.1, 0.15) is 11.4 Å². The van der Waals surface area contributed by atoms with Crippen molar-refractivity contribution in [2.75, 3.05) is 18.5 Å². The minimum Gasteiger partial charge on any atom is -0.370 e. The van der Waals surface area contributed by atoms with Crippen LogP contribution in [0.4, 0.5) is 5.82 Å². The first-order chi connectivity index (χ1) is 9.55. The molecule has 0 saturated carbocycles. The quantitative estimate of drug-likeness (QED) is 0.888. The van der Waals surface area contributed by atoms with Gasteiger partial charge < -0.3 is 10.1 Å². The first kappa shape index (κ1) is 15.2. The van der Waals surface area contributed by atoms with Gasteiger partial charge in [-0.2, -0.15) is 0 Å². The van der Waals surface area contributed by atoms with Crippen LogP contribution in [-0.4, -0.2) is 23.1 Å². The van der Waals surface area contributed by atoms with E-state index >= 15 is 0 Å². The minimum atomic E-state index is -0.328. The van der Waals surface area contributed by atoms with Gasteiger partial charge in [-0.25, -0.2) is 9.97 Å². The van der Waals surface area contributed by atoms with Crippen LogP contribution in [-0.2, 0) is 10.3 Å². The molecule has 4 nitrogen and oxygen atoms in total. The SMILES string of the molecule is CCCNc1cc(C(C)C)nc(C2(C)CCCCO2)n1. The fraction of sp³-hybridized carbons (Fsp3) is 0.750. The Morgan fingerprint density at radius 1 is 1.35 bits per heavy atom. The van der Waals surface area contributed by atoms with Crippen LogP contribution in [0.1, 0.15) is 70.8 Å². The molecule has 1 aromatic rings. The molecule has 1 fully saturated rings. The Hall–Kier alpha value is -1.16. The van der Waals surface area contributed by atoms with Gasteiger partial charge in [0.05, 0.1) is 0 Å². The zero-order chi connectivity index (χ0) is 14.6. The van der Waals surface area contributed by atoms with E-state index in [1.54, 1.807) is 0 Å². The topological polar surface area (TPSA) is 47.0 Å². The first-order valence-corrected chi connectivity index (χ1v) is 7.82. The summed E-state index contributed by atoms with van der Waals surface area (Å²) in [5, 5.41) is 3.38. The van der Waals surface area contributed by atoms with Gasteiger partial charge in [-0.05, 0) is 38.5 Å². The maximum atomic E-state index is 5.99. The number of aromatic nitrogens is 2. The molecule has 1 unspecified atom stereocenters. The van der Waals surface area contributed by atoms with E-state index in [2.05, 4.69) is 39.1 Å². The molecule has 1 saturated heterocycles. The Morgan fingerprint density at radius 2 is 2.15 bits per heavy atom. The highest BCUT2D eigenvalue weighted by molar-refractivity contribution is 5.37. The zero-order valence-electron chi connectivity index (χ0n) is 13.2. The summed E-state index contributed by atoms with van der Waals surface area (Å²) >= 11 is 0. The molecule has 1 N–H and O–H groups in total. The molecule has 1 atom stereocenters. The van der Waals surface area contributed by atoms with Crippen molar-refractivity contribution >= 4 is 5.82 Å². The average molecular weight is 277 g/mol. The summed E-state index contributed by atoms with van der Waals surface area (Å²) < 4.78 is 5.99. The molecule has 1 aromatic heterocycles. The van der Waals surface area contributed by atoms with Gasteiger partial charge in [-0.15, -0.1) is 0 Å². The number of nitrogens with zero attached hydrogens (tertiary/aromatic N) is 2. The van der Waals surface area contributed by atoms with Crippen LogP contribution in [0.2, 0.25) is 0 Å². The van der Waals surface area contributed by atoms with Crippen LogP contribution in [0.3, 0.4) is 0 Å². The lowest BCUT2D eigenvalue weighted by Crippen LogP contribution is -2.33. The van der Waals surface area contributed by atoms with Gasteiger partial charge in [0.15, 0.2) is 5.82 Å². The van der Waals surface area contributed by atoms with E-state index in [4.69, 9.17) is 14.7 Å². The van der Waals surface area contributed by atoms with Crippen LogP contribution in [0.15, 0.2) is 6.07 Å². The second-order valence-corrected chi connectivity index (χ2v) is 6.12. The van der Waals surface area contributed by atoms with Crippen molar-refractivity contribution in [2.45, 2.75) is 64.9 Å². The molecular weight excluding hydrogens is 250 g/mol. The molecule has 2 heterocycles. The lowest BCUT2D eigenvalue weighted by Gasteiger charge is -2.33. The molecule has 0 aliphatic carbocycles. The standard InChI is InChI=1S/C16H27N3O/c1-5-9-17-14-11-13(12(2)3)18-15(19-14)16(4)8-6-7-10-20-16/h11-12H,5-10H2,1-4H3,(H,17,18,19). The van der Waals surface area contributed by atoms with E-state index in [0.29, 0.717) is 5.92 Å². The summed E-state index contributed by atoms with van der Waals surface area (Å²) in [7, 11) is 0. The van der Waals surface area contributed by atoms with Crippen molar-refractivity contribution in [1.82, 2.24) is 9.97 Å². The van der Waals surface area contributed by atoms with Gasteiger partial charge in [0.2, 0.25) is 0 Å². The molecule has 0 aromatic carbocycles. The highest BCUT2D eigenvalue weighted by Gasteiger charge is 2.33. The maximum Gasteiger partial charge on any atom is 0.162 e. The van der Waals surface area contributed by atoms with Crippen molar-refractivity contribution in [3.05, 3.63) is 17.6 Å². The van der Waals surface area contributed by atoms with E-state index in [-0.39, 0.29) is 5.60 Å². The van der Waals surface area contributed by atoms with E-state index < -0.39 is 0 Å². The fourth-order valence-corrected chi connectivity index (χ4v) is 2.45. The largest absolute Gasteiger partial charge is 0.370 e. The molecule has 0 amide bonds. The summed E-state index contributed by atoms with van der Waals surface area (Å²) in [4.78, 5) is 9.46. The highest BCUT2D eigenvalue weighted by Crippen LogP contribution is 2.33. The second-order valence-electron chi connectivity index (χ2n) is 6.12. The number of ether oxygens (including phenoxy) is 1. The van der Waals surface area contributed by atoms with Gasteiger partial charge in [-0.3, -0.25) is 0 Å². The molecule has 1 aliphatic heterocycles. The normalized spacial score (nSPS) is 23.1. The van der Waals surface area contributed by atoms with Crippen molar-refractivity contribution in [1.29, 1.82) is 0 Å². The molecular formula is C16H27N3O. The zero-order valence-corrected chi connectivity index (χ0v) is 13.2. The monoisotopic (exact) mass is 277 g/mol. The summed E-state index contributed by atoms with van der Waals surface area (Å²) in [5.41, 5.74) is 0.759. The van der Waals surface area contributed by atoms with Crippen LogP contribution >= 0.6 is 0 Å². The number of rotatable bonds is 5. The summed E-state index contributed by atoms with van der Waals surface area (Å²) in [6, 6.07) is 2.07. The molecule has 2 rings (SSSR count). The van der Waals surface area contributed by atoms with E-state index in [1.807, 2.05) is 0 Å². The second kappa shape index (κ2) is 6.53. The average Bonchev–Trinajstić information content (AvgIpc) is 2.45. The van der Waals surface area contributed by atoms with Crippen LogP contribution in [0, 0.1) is 0 Å². The predicted octanol–water partition coefficient (Wildman–Crippen LogP) is 3.84. The molecule has 1 aliphatic rings. The summed E-state index contributed by atoms with van der Waals surface area (Å²) in [5.74, 6) is 2.16.